The molecular weight excluding hydrogens is 289 g/mol. The normalized spacial score (nSPS) is 10.4. The van der Waals surface area contributed by atoms with Crippen molar-refractivity contribution < 1.29 is 13.9 Å². The van der Waals surface area contributed by atoms with Gasteiger partial charge >= 0.3 is 0 Å². The third kappa shape index (κ3) is 4.24. The molecule has 0 saturated carbocycles. The summed E-state index contributed by atoms with van der Waals surface area (Å²) < 4.78 is 24.2. The molecule has 0 amide bonds. The van der Waals surface area contributed by atoms with Crippen LogP contribution in [0, 0.1) is 5.82 Å². The van der Waals surface area contributed by atoms with E-state index < -0.39 is 5.82 Å². The van der Waals surface area contributed by atoms with Crippen LogP contribution >= 0.6 is 12.2 Å². The Morgan fingerprint density at radius 3 is 2.52 bits per heavy atom. The van der Waals surface area contributed by atoms with Crippen LogP contribution in [0.4, 0.5) is 4.39 Å². The number of thiocarbonyl (C=S) groups is 1. The Hall–Kier alpha value is -1.98. The smallest absolute Gasteiger partial charge is 0.133 e. The molecule has 2 aromatic rings. The molecule has 21 heavy (non-hydrogen) atoms. The number of nitrogens with two attached hydrogens (primary N) is 1. The molecule has 0 aliphatic rings. The first-order valence-electron chi connectivity index (χ1n) is 6.39. The van der Waals surface area contributed by atoms with Gasteiger partial charge in [-0.1, -0.05) is 30.4 Å². The molecule has 0 saturated heterocycles. The summed E-state index contributed by atoms with van der Waals surface area (Å²) in [6.45, 7) is 0.796. The molecule has 0 aliphatic carbocycles. The number of rotatable bonds is 6. The summed E-state index contributed by atoms with van der Waals surface area (Å²) >= 11 is 4.81. The van der Waals surface area contributed by atoms with Crippen LogP contribution in [-0.2, 0) is 18.0 Å². The third-order valence-corrected chi connectivity index (χ3v) is 3.19. The number of hydrogen-bond donors (Lipinski definition) is 1. The number of halogens is 1. The van der Waals surface area contributed by atoms with Gasteiger partial charge in [0, 0.05) is 5.56 Å². The van der Waals surface area contributed by atoms with E-state index in [1.807, 2.05) is 24.3 Å². The minimum atomic E-state index is -0.418. The van der Waals surface area contributed by atoms with E-state index in [1.165, 1.54) is 6.07 Å². The number of ether oxygens (including phenoxy) is 2. The van der Waals surface area contributed by atoms with Crippen LogP contribution in [0.1, 0.15) is 16.7 Å². The van der Waals surface area contributed by atoms with Gasteiger partial charge in [-0.25, -0.2) is 4.39 Å². The zero-order chi connectivity index (χ0) is 15.2. The minimum absolute atomic E-state index is 0.0437. The zero-order valence-corrected chi connectivity index (χ0v) is 12.5. The van der Waals surface area contributed by atoms with Gasteiger partial charge in [0.25, 0.3) is 0 Å². The highest BCUT2D eigenvalue weighted by Gasteiger charge is 2.06. The summed E-state index contributed by atoms with van der Waals surface area (Å²) in [7, 11) is 1.62. The number of hydrogen-bond acceptors (Lipinski definition) is 3. The van der Waals surface area contributed by atoms with Gasteiger partial charge in [-0.05, 0) is 35.4 Å². The van der Waals surface area contributed by atoms with Crippen molar-refractivity contribution in [3.63, 3.8) is 0 Å². The third-order valence-electron chi connectivity index (χ3n) is 2.97. The fraction of sp³-hybridized carbons (Fsp3) is 0.188. The summed E-state index contributed by atoms with van der Waals surface area (Å²) in [5, 5.41) is 0. The standard InChI is InChI=1S/C16H16FNO2S/c1-19-13-4-2-3-11(7-13)9-20-10-12-5-6-15(17)14(8-12)16(18)21/h2-8H,9-10H2,1H3,(H2,18,21). The maximum absolute atomic E-state index is 13.5. The number of benzene rings is 2. The van der Waals surface area contributed by atoms with Gasteiger partial charge in [-0.15, -0.1) is 0 Å². The lowest BCUT2D eigenvalue weighted by Gasteiger charge is -2.08. The predicted octanol–water partition coefficient (Wildman–Crippen LogP) is 3.19. The molecule has 0 radical (unpaired) electrons. The lowest BCUT2D eigenvalue weighted by Crippen LogP contribution is -2.12. The monoisotopic (exact) mass is 305 g/mol. The Bertz CT molecular complexity index is 646. The molecule has 5 heteroatoms. The molecular formula is C16H16FNO2S. The lowest BCUT2D eigenvalue weighted by atomic mass is 10.1. The lowest BCUT2D eigenvalue weighted by molar-refractivity contribution is 0.107. The summed E-state index contributed by atoms with van der Waals surface area (Å²) in [5.74, 6) is 0.368. The highest BCUT2D eigenvalue weighted by atomic mass is 32.1. The highest BCUT2D eigenvalue weighted by molar-refractivity contribution is 7.80. The SMILES string of the molecule is COc1cccc(COCc2ccc(F)c(C(N)=S)c2)c1. The van der Waals surface area contributed by atoms with Crippen LogP contribution in [0.15, 0.2) is 42.5 Å². The van der Waals surface area contributed by atoms with Crippen molar-refractivity contribution >= 4 is 17.2 Å². The van der Waals surface area contributed by atoms with E-state index in [-0.39, 0.29) is 10.6 Å². The maximum atomic E-state index is 13.5. The van der Waals surface area contributed by atoms with E-state index in [4.69, 9.17) is 27.4 Å². The van der Waals surface area contributed by atoms with Crippen LogP contribution in [0.25, 0.3) is 0 Å². The van der Waals surface area contributed by atoms with Gasteiger partial charge in [0.1, 0.15) is 16.6 Å². The van der Waals surface area contributed by atoms with Crippen molar-refractivity contribution in [2.45, 2.75) is 13.2 Å². The van der Waals surface area contributed by atoms with Crippen molar-refractivity contribution in [2.24, 2.45) is 5.73 Å². The predicted molar refractivity (Wildman–Crippen MR) is 83.8 cm³/mol. The zero-order valence-electron chi connectivity index (χ0n) is 11.6. The van der Waals surface area contributed by atoms with Crippen LogP contribution in [-0.4, -0.2) is 12.1 Å². The Kier molecular flexibility index (Phi) is 5.25. The molecule has 0 unspecified atom stereocenters. The van der Waals surface area contributed by atoms with Crippen molar-refractivity contribution in [1.82, 2.24) is 0 Å². The molecule has 2 rings (SSSR count). The van der Waals surface area contributed by atoms with Crippen LogP contribution in [0.2, 0.25) is 0 Å². The molecule has 0 aliphatic heterocycles. The minimum Gasteiger partial charge on any atom is -0.497 e. The first-order chi connectivity index (χ1) is 10.1. The fourth-order valence-corrected chi connectivity index (χ4v) is 2.06. The van der Waals surface area contributed by atoms with Crippen LogP contribution < -0.4 is 10.5 Å². The molecule has 2 aromatic carbocycles. The van der Waals surface area contributed by atoms with E-state index in [2.05, 4.69) is 0 Å². The first-order valence-corrected chi connectivity index (χ1v) is 6.80. The van der Waals surface area contributed by atoms with E-state index >= 15 is 0 Å². The molecule has 0 aromatic heterocycles. The van der Waals surface area contributed by atoms with Crippen molar-refractivity contribution in [1.29, 1.82) is 0 Å². The van der Waals surface area contributed by atoms with Crippen molar-refractivity contribution in [3.05, 3.63) is 65.0 Å². The molecule has 0 heterocycles. The van der Waals surface area contributed by atoms with Gasteiger partial charge in [-0.3, -0.25) is 0 Å². The average molecular weight is 305 g/mol. The van der Waals surface area contributed by atoms with Gasteiger partial charge in [0.15, 0.2) is 0 Å². The Labute approximate surface area is 128 Å². The second-order valence-electron chi connectivity index (χ2n) is 4.52. The number of methoxy groups -OCH3 is 1. The summed E-state index contributed by atoms with van der Waals surface area (Å²) in [5.41, 5.74) is 7.54. The first kappa shape index (κ1) is 15.4. The highest BCUT2D eigenvalue weighted by Crippen LogP contribution is 2.15. The average Bonchev–Trinajstić information content (AvgIpc) is 2.49. The molecule has 0 fully saturated rings. The molecule has 110 valence electrons. The second-order valence-corrected chi connectivity index (χ2v) is 4.96. The largest absolute Gasteiger partial charge is 0.497 e. The van der Waals surface area contributed by atoms with Gasteiger partial charge in [-0.2, -0.15) is 0 Å². The Morgan fingerprint density at radius 2 is 1.86 bits per heavy atom. The topological polar surface area (TPSA) is 44.5 Å². The summed E-state index contributed by atoms with van der Waals surface area (Å²) in [6.07, 6.45) is 0. The van der Waals surface area contributed by atoms with Crippen molar-refractivity contribution in [3.8, 4) is 5.75 Å². The van der Waals surface area contributed by atoms with Crippen LogP contribution in [0.3, 0.4) is 0 Å². The van der Waals surface area contributed by atoms with Crippen LogP contribution in [0.5, 0.6) is 5.75 Å². The van der Waals surface area contributed by atoms with E-state index in [0.717, 1.165) is 16.9 Å². The van der Waals surface area contributed by atoms with E-state index in [1.54, 1.807) is 19.2 Å². The van der Waals surface area contributed by atoms with Gasteiger partial charge in [0.05, 0.1) is 20.3 Å². The molecule has 3 nitrogen and oxygen atoms in total. The molecule has 0 spiro atoms. The van der Waals surface area contributed by atoms with E-state index in [9.17, 15) is 4.39 Å². The Balaban J connectivity index is 1.97. The summed E-state index contributed by atoms with van der Waals surface area (Å²) in [6, 6.07) is 12.3. The molecule has 0 atom stereocenters. The fourth-order valence-electron chi connectivity index (χ4n) is 1.90. The van der Waals surface area contributed by atoms with Gasteiger partial charge < -0.3 is 15.2 Å². The van der Waals surface area contributed by atoms with Crippen molar-refractivity contribution in [2.75, 3.05) is 7.11 Å². The Morgan fingerprint density at radius 1 is 1.14 bits per heavy atom. The maximum Gasteiger partial charge on any atom is 0.133 e. The second kappa shape index (κ2) is 7.15. The molecule has 0 bridgehead atoms. The van der Waals surface area contributed by atoms with Gasteiger partial charge in [0.2, 0.25) is 0 Å². The van der Waals surface area contributed by atoms with E-state index in [0.29, 0.717) is 13.2 Å². The molecule has 2 N–H and O–H groups in total. The quantitative estimate of drug-likeness (QED) is 0.833. The summed E-state index contributed by atoms with van der Waals surface area (Å²) in [4.78, 5) is 0.0437.